The summed E-state index contributed by atoms with van der Waals surface area (Å²) < 4.78 is 0. The smallest absolute Gasteiger partial charge is 0.0701 e. The van der Waals surface area contributed by atoms with E-state index in [0.29, 0.717) is 0 Å². The van der Waals surface area contributed by atoms with Gasteiger partial charge in [-0.3, -0.25) is 9.97 Å². The van der Waals surface area contributed by atoms with Crippen LogP contribution in [0.25, 0.3) is 22.5 Å². The van der Waals surface area contributed by atoms with Crippen molar-refractivity contribution in [2.45, 2.75) is 0 Å². The molecular formula is C22H18Cl3N2Rh. The molecule has 0 saturated carbocycles. The first-order valence-electron chi connectivity index (χ1n) is 8.24. The van der Waals surface area contributed by atoms with E-state index in [9.17, 15) is 0 Å². The molecule has 28 heavy (non-hydrogen) atoms. The van der Waals surface area contributed by atoms with E-state index in [0.717, 1.165) is 22.5 Å². The second-order valence-corrected chi connectivity index (χ2v) is 12.8. The zero-order chi connectivity index (χ0) is 20.0. The third-order valence-electron chi connectivity index (χ3n) is 3.47. The Kier molecular flexibility index (Phi) is 10.8. The Morgan fingerprint density at radius 3 is 1.07 bits per heavy atom. The first-order chi connectivity index (χ1) is 13.7. The molecule has 0 spiro atoms. The van der Waals surface area contributed by atoms with Crippen LogP contribution in [0, 0.1) is 0 Å². The van der Waals surface area contributed by atoms with Gasteiger partial charge in [-0.2, -0.15) is 0 Å². The van der Waals surface area contributed by atoms with Gasteiger partial charge >= 0.3 is 42.1 Å². The van der Waals surface area contributed by atoms with Gasteiger partial charge in [0.1, 0.15) is 0 Å². The first-order valence-corrected chi connectivity index (χ1v) is 14.6. The number of benzene rings is 2. The summed E-state index contributed by atoms with van der Waals surface area (Å²) in [6, 6.07) is 32.2. The van der Waals surface area contributed by atoms with Gasteiger partial charge in [-0.25, -0.2) is 0 Å². The normalized spacial score (nSPS) is 9.89. The molecule has 2 aromatic carbocycles. The summed E-state index contributed by atoms with van der Waals surface area (Å²) in [5.74, 6) is 0. The zero-order valence-corrected chi connectivity index (χ0v) is 18.7. The SMILES string of the molecule is [Cl][Rh]([Cl])[Cl].c1ccc(-c2ccccn2)cc1.c1ccc(-c2ccccn2)cc1. The van der Waals surface area contributed by atoms with Crippen LogP contribution in [0.5, 0.6) is 0 Å². The van der Waals surface area contributed by atoms with Crippen molar-refractivity contribution in [3.63, 3.8) is 0 Å². The van der Waals surface area contributed by atoms with Crippen molar-refractivity contribution in [3.8, 4) is 22.5 Å². The maximum atomic E-state index is 4.94. The van der Waals surface area contributed by atoms with Crippen LogP contribution in [0.1, 0.15) is 0 Å². The molecule has 0 unspecified atom stereocenters. The van der Waals surface area contributed by atoms with Crippen molar-refractivity contribution in [2.75, 3.05) is 0 Å². The molecule has 0 bridgehead atoms. The summed E-state index contributed by atoms with van der Waals surface area (Å²) in [6.07, 6.45) is 3.62. The van der Waals surface area contributed by atoms with E-state index in [1.165, 1.54) is 0 Å². The van der Waals surface area contributed by atoms with Crippen LogP contribution in [0.4, 0.5) is 0 Å². The number of nitrogens with zero attached hydrogens (tertiary/aromatic N) is 2. The Morgan fingerprint density at radius 1 is 0.464 bits per heavy atom. The predicted molar refractivity (Wildman–Crippen MR) is 117 cm³/mol. The number of halogens is 3. The Balaban J connectivity index is 0.000000169. The molecule has 0 aliphatic rings. The van der Waals surface area contributed by atoms with Gasteiger partial charge in [0.25, 0.3) is 0 Å². The second-order valence-electron chi connectivity index (χ2n) is 5.30. The van der Waals surface area contributed by atoms with E-state index < -0.39 is 13.0 Å². The summed E-state index contributed by atoms with van der Waals surface area (Å²) in [7, 11) is 14.8. The maximum Gasteiger partial charge on any atom is 0.0701 e. The van der Waals surface area contributed by atoms with Crippen LogP contribution in [-0.2, 0) is 13.0 Å². The minimum absolute atomic E-state index is 1.03. The quantitative estimate of drug-likeness (QED) is 0.255. The second kappa shape index (κ2) is 13.4. The fraction of sp³-hybridized carbons (Fsp3) is 0. The number of rotatable bonds is 2. The van der Waals surface area contributed by atoms with Crippen molar-refractivity contribution in [1.82, 2.24) is 9.97 Å². The molecule has 2 aromatic heterocycles. The van der Waals surface area contributed by atoms with Crippen LogP contribution < -0.4 is 0 Å². The van der Waals surface area contributed by atoms with Gasteiger partial charge in [0.2, 0.25) is 0 Å². The van der Waals surface area contributed by atoms with E-state index >= 15 is 0 Å². The molecule has 4 aromatic rings. The molecule has 0 saturated heterocycles. The molecule has 0 amide bonds. The molecule has 0 radical (unpaired) electrons. The van der Waals surface area contributed by atoms with E-state index in [-0.39, 0.29) is 0 Å². The van der Waals surface area contributed by atoms with Gasteiger partial charge < -0.3 is 0 Å². The predicted octanol–water partition coefficient (Wildman–Crippen LogP) is 7.56. The molecule has 0 aliphatic carbocycles. The summed E-state index contributed by atoms with van der Waals surface area (Å²) in [5, 5.41) is 0. The third kappa shape index (κ3) is 8.95. The van der Waals surface area contributed by atoms with Crippen LogP contribution >= 0.6 is 29.1 Å². The molecule has 4 rings (SSSR count). The van der Waals surface area contributed by atoms with Crippen LogP contribution in [0.2, 0.25) is 0 Å². The largest absolute Gasteiger partial charge is 0.256 e. The summed E-state index contributed by atoms with van der Waals surface area (Å²) in [5.41, 5.74) is 4.38. The standard InChI is InChI=1S/2C11H9N.3ClH.Rh/c2*1-2-6-10(7-3-1)11-8-4-5-9-12-11;;;;/h2*1-9H;3*1H;/q;;;;;+3/p-3. The van der Waals surface area contributed by atoms with Crippen LogP contribution in [-0.4, -0.2) is 9.97 Å². The van der Waals surface area contributed by atoms with Gasteiger partial charge in [0.05, 0.1) is 11.4 Å². The molecule has 6 heteroatoms. The van der Waals surface area contributed by atoms with Gasteiger partial charge in [0, 0.05) is 23.5 Å². The van der Waals surface area contributed by atoms with Gasteiger partial charge in [-0.05, 0) is 24.3 Å². The molecule has 0 fully saturated rings. The Morgan fingerprint density at radius 2 is 0.786 bits per heavy atom. The topological polar surface area (TPSA) is 25.8 Å². The molecule has 0 aliphatic heterocycles. The molecular weight excluding hydrogens is 502 g/mol. The minimum Gasteiger partial charge on any atom is -0.256 e. The van der Waals surface area contributed by atoms with Crippen LogP contribution in [0.15, 0.2) is 109 Å². The van der Waals surface area contributed by atoms with Gasteiger partial charge in [-0.1, -0.05) is 72.8 Å². The van der Waals surface area contributed by atoms with E-state index in [1.54, 1.807) is 0 Å². The monoisotopic (exact) mass is 518 g/mol. The van der Waals surface area contributed by atoms with E-state index in [4.69, 9.17) is 29.1 Å². The number of hydrogen-bond acceptors (Lipinski definition) is 2. The molecule has 0 N–H and O–H groups in total. The summed E-state index contributed by atoms with van der Waals surface area (Å²) in [6.45, 7) is 0. The Bertz CT molecular complexity index is 741. The fourth-order valence-electron chi connectivity index (χ4n) is 2.28. The van der Waals surface area contributed by atoms with Crippen molar-refractivity contribution < 1.29 is 13.0 Å². The summed E-state index contributed by atoms with van der Waals surface area (Å²) >= 11 is -1.66. The molecule has 0 atom stereocenters. The third-order valence-corrected chi connectivity index (χ3v) is 3.47. The number of aromatic nitrogens is 2. The van der Waals surface area contributed by atoms with Crippen LogP contribution in [0.3, 0.4) is 0 Å². The van der Waals surface area contributed by atoms with E-state index in [1.807, 2.05) is 85.2 Å². The molecule has 2 heterocycles. The average molecular weight is 520 g/mol. The van der Waals surface area contributed by atoms with Gasteiger partial charge in [0.15, 0.2) is 0 Å². The Hall–Kier alpha value is -1.77. The van der Waals surface area contributed by atoms with Crippen molar-refractivity contribution >= 4 is 29.1 Å². The van der Waals surface area contributed by atoms with Gasteiger partial charge in [-0.15, -0.1) is 0 Å². The van der Waals surface area contributed by atoms with Crippen molar-refractivity contribution in [2.24, 2.45) is 0 Å². The minimum atomic E-state index is -1.66. The van der Waals surface area contributed by atoms with Crippen molar-refractivity contribution in [3.05, 3.63) is 109 Å². The van der Waals surface area contributed by atoms with Crippen molar-refractivity contribution in [1.29, 1.82) is 0 Å². The maximum absolute atomic E-state index is 4.94. The molecule has 2 nitrogen and oxygen atoms in total. The molecule has 146 valence electrons. The first kappa shape index (κ1) is 22.5. The Labute approximate surface area is 183 Å². The van der Waals surface area contributed by atoms with E-state index in [2.05, 4.69) is 34.2 Å². The fourth-order valence-corrected chi connectivity index (χ4v) is 2.28. The average Bonchev–Trinajstić information content (AvgIpc) is 2.76. The number of pyridine rings is 2. The number of hydrogen-bond donors (Lipinski definition) is 0. The summed E-state index contributed by atoms with van der Waals surface area (Å²) in [4.78, 5) is 8.50. The zero-order valence-electron chi connectivity index (χ0n) is 14.8.